The van der Waals surface area contributed by atoms with E-state index in [2.05, 4.69) is 4.98 Å². The number of nitrogens with two attached hydrogens (primary N) is 1. The number of aryl methyl sites for hydroxylation is 1. The van der Waals surface area contributed by atoms with E-state index in [0.717, 1.165) is 11.1 Å². The third-order valence-corrected chi connectivity index (χ3v) is 9.37. The van der Waals surface area contributed by atoms with Gasteiger partial charge in [-0.3, -0.25) is 4.98 Å². The second-order valence-electron chi connectivity index (χ2n) is 10.1. The summed E-state index contributed by atoms with van der Waals surface area (Å²) in [7, 11) is -3.95. The fraction of sp³-hybridized carbons (Fsp3) is 0.0909. The summed E-state index contributed by atoms with van der Waals surface area (Å²) in [4.78, 5) is 9.40. The summed E-state index contributed by atoms with van der Waals surface area (Å²) in [6.45, 7) is 1.85. The van der Waals surface area contributed by atoms with Gasteiger partial charge in [0.25, 0.3) is 10.0 Å². The summed E-state index contributed by atoms with van der Waals surface area (Å²) in [5.41, 5.74) is 9.77. The summed E-state index contributed by atoms with van der Waals surface area (Å²) in [5.74, 6) is 0. The van der Waals surface area contributed by atoms with Gasteiger partial charge in [0.15, 0.2) is 5.65 Å². The molecule has 7 nitrogen and oxygen atoms in total. The smallest absolute Gasteiger partial charge is 0.269 e. The van der Waals surface area contributed by atoms with Crippen LogP contribution in [0.2, 0.25) is 5.02 Å². The van der Waals surface area contributed by atoms with Crippen molar-refractivity contribution in [3.63, 3.8) is 0 Å². The minimum absolute atomic E-state index is 0.0625. The molecule has 6 rings (SSSR count). The van der Waals surface area contributed by atoms with E-state index in [0.29, 0.717) is 38.4 Å². The van der Waals surface area contributed by atoms with Crippen molar-refractivity contribution in [3.05, 3.63) is 137 Å². The Kier molecular flexibility index (Phi) is 7.16. The number of nitrogens with zero attached hydrogens (tertiary/aromatic N) is 3. The number of hydrogen-bond donors (Lipinski definition) is 2. The normalized spacial score (nSPS) is 13.2. The Labute approximate surface area is 248 Å². The van der Waals surface area contributed by atoms with Crippen molar-refractivity contribution in [2.45, 2.75) is 17.4 Å². The summed E-state index contributed by atoms with van der Waals surface area (Å²) in [5, 5.41) is 12.7. The Balaban J connectivity index is 1.52. The van der Waals surface area contributed by atoms with Gasteiger partial charge in [0.1, 0.15) is 5.60 Å². The number of aliphatic hydroxyl groups is 1. The summed E-state index contributed by atoms with van der Waals surface area (Å²) in [6, 6.07) is 28.6. The molecule has 1 unspecified atom stereocenters. The average molecular weight is 595 g/mol. The maximum atomic E-state index is 13.9. The highest BCUT2D eigenvalue weighted by atomic mass is 35.5. The zero-order valence-electron chi connectivity index (χ0n) is 22.6. The molecule has 0 aliphatic rings. The Morgan fingerprint density at radius 3 is 2.19 bits per heavy atom. The predicted molar refractivity (Wildman–Crippen MR) is 166 cm³/mol. The van der Waals surface area contributed by atoms with E-state index in [-0.39, 0.29) is 17.1 Å². The van der Waals surface area contributed by atoms with Crippen LogP contribution in [0.1, 0.15) is 16.7 Å². The van der Waals surface area contributed by atoms with Crippen LogP contribution in [0.3, 0.4) is 0 Å². The Bertz CT molecular complexity index is 1990. The molecular weight excluding hydrogens is 568 g/mol. The van der Waals surface area contributed by atoms with Crippen LogP contribution in [0.4, 0.5) is 0 Å². The van der Waals surface area contributed by atoms with E-state index in [1.807, 2.05) is 43.3 Å². The number of aromatic nitrogens is 3. The van der Waals surface area contributed by atoms with Crippen molar-refractivity contribution in [2.24, 2.45) is 5.73 Å². The molecule has 9 heteroatoms. The van der Waals surface area contributed by atoms with E-state index < -0.39 is 15.6 Å². The van der Waals surface area contributed by atoms with E-state index in [9.17, 15) is 13.5 Å². The topological polar surface area (TPSA) is 111 Å². The SMILES string of the molecule is Cc1ccc(S(=O)(=O)n2cc(-c3ccccc3)c3c(-c4ccc(C(O)(CN)c5ccc(Cl)cc5)cn4)ccnc32)cc1. The van der Waals surface area contributed by atoms with Gasteiger partial charge in [0.05, 0.1) is 10.6 Å². The first-order valence-corrected chi connectivity index (χ1v) is 15.1. The lowest BCUT2D eigenvalue weighted by Gasteiger charge is -2.27. The molecule has 3 heterocycles. The number of hydrogen-bond acceptors (Lipinski definition) is 6. The summed E-state index contributed by atoms with van der Waals surface area (Å²) < 4.78 is 28.9. The number of fused-ring (bicyclic) bond motifs is 1. The summed E-state index contributed by atoms with van der Waals surface area (Å²) in [6.07, 6.45) is 4.78. The highest BCUT2D eigenvalue weighted by Gasteiger charge is 2.31. The Morgan fingerprint density at radius 1 is 0.857 bits per heavy atom. The maximum absolute atomic E-state index is 13.9. The van der Waals surface area contributed by atoms with Crippen LogP contribution < -0.4 is 5.73 Å². The second kappa shape index (κ2) is 10.8. The van der Waals surface area contributed by atoms with Crippen LogP contribution in [0.5, 0.6) is 0 Å². The molecule has 0 aliphatic carbocycles. The first-order valence-electron chi connectivity index (χ1n) is 13.3. The maximum Gasteiger partial charge on any atom is 0.269 e. The first kappa shape index (κ1) is 27.8. The van der Waals surface area contributed by atoms with Gasteiger partial charge >= 0.3 is 0 Å². The number of rotatable bonds is 7. The van der Waals surface area contributed by atoms with Crippen molar-refractivity contribution in [3.8, 4) is 22.4 Å². The molecule has 0 spiro atoms. The zero-order chi connectivity index (χ0) is 29.5. The predicted octanol–water partition coefficient (Wildman–Crippen LogP) is 6.16. The van der Waals surface area contributed by atoms with Crippen LogP contribution in [-0.4, -0.2) is 34.0 Å². The number of halogens is 1. The first-order chi connectivity index (χ1) is 20.2. The highest BCUT2D eigenvalue weighted by Crippen LogP contribution is 2.38. The molecule has 6 aromatic rings. The molecule has 0 bridgehead atoms. The lowest BCUT2D eigenvalue weighted by molar-refractivity contribution is 0.0899. The largest absolute Gasteiger partial charge is 0.379 e. The fourth-order valence-corrected chi connectivity index (χ4v) is 6.55. The van der Waals surface area contributed by atoms with E-state index in [1.54, 1.807) is 79.3 Å². The monoisotopic (exact) mass is 594 g/mol. The highest BCUT2D eigenvalue weighted by molar-refractivity contribution is 7.90. The van der Waals surface area contributed by atoms with Crippen LogP contribution in [0.25, 0.3) is 33.4 Å². The summed E-state index contributed by atoms with van der Waals surface area (Å²) >= 11 is 6.05. The molecule has 3 aromatic heterocycles. The molecule has 0 aliphatic heterocycles. The quantitative estimate of drug-likeness (QED) is 0.229. The van der Waals surface area contributed by atoms with Crippen molar-refractivity contribution in [1.82, 2.24) is 13.9 Å². The van der Waals surface area contributed by atoms with Gasteiger partial charge in [-0.15, -0.1) is 0 Å². The van der Waals surface area contributed by atoms with E-state index >= 15 is 0 Å². The standard InChI is InChI=1S/C33H27ClN4O3S/c1-22-7-14-27(15-8-22)42(40,41)38-20-29(23-5-3-2-4-6-23)31-28(17-18-36-32(31)38)30-16-11-25(19-37-30)33(39,21-35)24-9-12-26(34)13-10-24/h2-20,39H,21,35H2,1H3. The number of benzene rings is 3. The third-order valence-electron chi connectivity index (χ3n) is 7.45. The van der Waals surface area contributed by atoms with Gasteiger partial charge in [-0.1, -0.05) is 77.8 Å². The minimum atomic E-state index is -3.95. The van der Waals surface area contributed by atoms with Gasteiger partial charge in [-0.05, 0) is 54.4 Å². The van der Waals surface area contributed by atoms with Crippen molar-refractivity contribution in [2.75, 3.05) is 6.54 Å². The molecule has 1 atom stereocenters. The van der Waals surface area contributed by atoms with E-state index in [4.69, 9.17) is 22.3 Å². The molecule has 3 aromatic carbocycles. The van der Waals surface area contributed by atoms with E-state index in [1.165, 1.54) is 3.97 Å². The van der Waals surface area contributed by atoms with Crippen LogP contribution in [0.15, 0.2) is 121 Å². The molecule has 0 amide bonds. The molecule has 210 valence electrons. The molecule has 42 heavy (non-hydrogen) atoms. The Hall–Kier alpha value is -4.34. The molecule has 0 saturated carbocycles. The second-order valence-corrected chi connectivity index (χ2v) is 12.3. The lowest BCUT2D eigenvalue weighted by atomic mass is 9.87. The number of pyridine rings is 2. The van der Waals surface area contributed by atoms with Crippen LogP contribution in [0, 0.1) is 6.92 Å². The van der Waals surface area contributed by atoms with Gasteiger partial charge in [0.2, 0.25) is 0 Å². The van der Waals surface area contributed by atoms with Crippen molar-refractivity contribution < 1.29 is 13.5 Å². The molecule has 0 saturated heterocycles. The lowest BCUT2D eigenvalue weighted by Crippen LogP contribution is -2.36. The zero-order valence-corrected chi connectivity index (χ0v) is 24.2. The van der Waals surface area contributed by atoms with Gasteiger partial charge < -0.3 is 10.8 Å². The minimum Gasteiger partial charge on any atom is -0.379 e. The average Bonchev–Trinajstić information content (AvgIpc) is 3.43. The van der Waals surface area contributed by atoms with Crippen LogP contribution in [-0.2, 0) is 15.6 Å². The molecule has 0 radical (unpaired) electrons. The van der Waals surface area contributed by atoms with Gasteiger partial charge in [-0.2, -0.15) is 0 Å². The van der Waals surface area contributed by atoms with Crippen molar-refractivity contribution in [1.29, 1.82) is 0 Å². The van der Waals surface area contributed by atoms with Gasteiger partial charge in [0, 0.05) is 52.2 Å². The fourth-order valence-electron chi connectivity index (χ4n) is 5.11. The van der Waals surface area contributed by atoms with Crippen LogP contribution >= 0.6 is 11.6 Å². The van der Waals surface area contributed by atoms with Crippen molar-refractivity contribution >= 4 is 32.7 Å². The molecular formula is C33H27ClN4O3S. The molecule has 3 N–H and O–H groups in total. The Morgan fingerprint density at radius 2 is 1.55 bits per heavy atom. The third kappa shape index (κ3) is 4.78. The molecule has 0 fully saturated rings. The van der Waals surface area contributed by atoms with Gasteiger partial charge in [-0.25, -0.2) is 17.4 Å².